The molecule has 0 spiro atoms. The van der Waals surface area contributed by atoms with Gasteiger partial charge in [-0.05, 0) is 31.5 Å². The van der Waals surface area contributed by atoms with Gasteiger partial charge in [0.25, 0.3) is 0 Å². The lowest BCUT2D eigenvalue weighted by Gasteiger charge is -2.11. The lowest BCUT2D eigenvalue weighted by molar-refractivity contribution is -0.193. The number of carboxylic acid groups (broad SMARTS) is 3. The van der Waals surface area contributed by atoms with Crippen LogP contribution in [0.5, 0.6) is 5.75 Å². The molecule has 2 aromatic heterocycles. The molecule has 0 saturated carbocycles. The zero-order chi connectivity index (χ0) is 40.0. The molecule has 0 amide bonds. The number of nitrogen functional groups attached to an aromatic ring is 1. The number of ether oxygens (including phenoxy) is 1. The van der Waals surface area contributed by atoms with E-state index in [9.17, 15) is 39.5 Å². The number of fused-ring (bicyclic) bond motifs is 3. The number of nitrogens with zero attached hydrogens (tertiary/aromatic N) is 4. The Bertz CT molecular complexity index is 1780. The number of imidazole rings is 1. The second-order valence-electron chi connectivity index (χ2n) is 9.84. The fourth-order valence-corrected chi connectivity index (χ4v) is 3.47. The number of alkyl halides is 9. The molecule has 0 unspecified atom stereocenters. The minimum Gasteiger partial charge on any atom is -0.489 e. The topological polar surface area (TPSA) is 225 Å². The second-order valence-corrected chi connectivity index (χ2v) is 9.84. The van der Waals surface area contributed by atoms with Gasteiger partial charge < -0.3 is 40.9 Å². The number of carboxylic acids is 3. The van der Waals surface area contributed by atoms with E-state index in [0.29, 0.717) is 36.9 Å². The predicted octanol–water partition coefficient (Wildman–Crippen LogP) is 5.52. The quantitative estimate of drug-likeness (QED) is 0.0851. The molecule has 0 aliphatic rings. The van der Waals surface area contributed by atoms with Gasteiger partial charge in [0.15, 0.2) is 18.2 Å². The fourth-order valence-electron chi connectivity index (χ4n) is 3.47. The molecule has 2 aromatic carbocycles. The number of carbonyl (C=O) groups is 3. The molecular formula is C29H29F9N6O8. The fraction of sp³-hybridized carbons (Fsp3) is 0.310. The lowest BCUT2D eigenvalue weighted by Crippen LogP contribution is -2.21. The van der Waals surface area contributed by atoms with Crippen LogP contribution in [0.3, 0.4) is 0 Å². The zero-order valence-corrected chi connectivity index (χ0v) is 26.7. The van der Waals surface area contributed by atoms with Gasteiger partial charge in [-0.25, -0.2) is 24.4 Å². The number of pyridine rings is 1. The zero-order valence-electron chi connectivity index (χ0n) is 26.7. The summed E-state index contributed by atoms with van der Waals surface area (Å²) in [6.45, 7) is 5.48. The maximum absolute atomic E-state index is 10.6. The first-order valence-electron chi connectivity index (χ1n) is 13.9. The van der Waals surface area contributed by atoms with Crippen molar-refractivity contribution in [2.45, 2.75) is 52.1 Å². The summed E-state index contributed by atoms with van der Waals surface area (Å²) in [6.07, 6.45) is -15.3. The van der Waals surface area contributed by atoms with E-state index in [1.165, 1.54) is 0 Å². The Labute approximate surface area is 286 Å². The van der Waals surface area contributed by atoms with E-state index >= 15 is 0 Å². The lowest BCUT2D eigenvalue weighted by atomic mass is 10.1. The largest absolute Gasteiger partial charge is 0.490 e. The second kappa shape index (κ2) is 18.9. The standard InChI is InChI=1S/C23H26N6O2.3C2HF3O2/c1-15(2)28-31-14-20-27-21-22(29(20)11-10-24)18-9-8-17(12-19(18)26-23(21)25)30-13-16-6-4-3-5-7-16;3*3-2(4,5)1(6)7/h3-9,12H,10-11,13-14,24H2,1-2H3,(H2,25,26);3*(H,6,7). The molecule has 0 aliphatic carbocycles. The number of oxime groups is 1. The minimum atomic E-state index is -5.08. The SMILES string of the molecule is CC(C)=NOCc1nc2c(N)nc3cc(OCc4ccccc4)ccc3c2n1CCN.O=C(O)C(F)(F)F.O=C(O)C(F)(F)F.O=C(O)C(F)(F)F. The van der Waals surface area contributed by atoms with Gasteiger partial charge in [-0.15, -0.1) is 0 Å². The molecule has 2 heterocycles. The third-order valence-electron chi connectivity index (χ3n) is 5.52. The molecule has 7 N–H and O–H groups in total. The van der Waals surface area contributed by atoms with Crippen LogP contribution in [0, 0.1) is 0 Å². The monoisotopic (exact) mass is 760 g/mol. The maximum atomic E-state index is 10.6. The van der Waals surface area contributed by atoms with Gasteiger partial charge in [-0.3, -0.25) is 0 Å². The average molecular weight is 761 g/mol. The van der Waals surface area contributed by atoms with Crippen molar-refractivity contribution in [3.8, 4) is 5.75 Å². The summed E-state index contributed by atoms with van der Waals surface area (Å²) in [5.74, 6) is -6.48. The van der Waals surface area contributed by atoms with Gasteiger partial charge >= 0.3 is 36.4 Å². The van der Waals surface area contributed by atoms with Crippen molar-refractivity contribution in [1.29, 1.82) is 0 Å². The molecule has 0 saturated heterocycles. The first kappa shape index (κ1) is 44.2. The van der Waals surface area contributed by atoms with E-state index in [1.807, 2.05) is 66.9 Å². The van der Waals surface area contributed by atoms with Crippen molar-refractivity contribution >= 4 is 51.4 Å². The summed E-state index contributed by atoms with van der Waals surface area (Å²) < 4.78 is 103. The summed E-state index contributed by atoms with van der Waals surface area (Å²) in [5.41, 5.74) is 16.3. The first-order chi connectivity index (χ1) is 23.9. The molecule has 0 bridgehead atoms. The first-order valence-corrected chi connectivity index (χ1v) is 13.9. The Morgan fingerprint density at radius 2 is 1.31 bits per heavy atom. The van der Waals surface area contributed by atoms with E-state index in [-0.39, 0.29) is 6.61 Å². The van der Waals surface area contributed by atoms with Crippen molar-refractivity contribution < 1.29 is 78.8 Å². The number of halogens is 9. The van der Waals surface area contributed by atoms with Crippen LogP contribution in [0.25, 0.3) is 21.9 Å². The van der Waals surface area contributed by atoms with Crippen LogP contribution in [0.4, 0.5) is 45.3 Å². The molecular weight excluding hydrogens is 731 g/mol. The highest BCUT2D eigenvalue weighted by Crippen LogP contribution is 2.31. The Morgan fingerprint density at radius 3 is 1.75 bits per heavy atom. The van der Waals surface area contributed by atoms with Crippen molar-refractivity contribution in [3.05, 3.63) is 59.9 Å². The highest BCUT2D eigenvalue weighted by atomic mass is 19.4. The van der Waals surface area contributed by atoms with Crippen LogP contribution >= 0.6 is 0 Å². The number of rotatable bonds is 8. The number of anilines is 1. The molecule has 286 valence electrons. The third-order valence-corrected chi connectivity index (χ3v) is 5.52. The van der Waals surface area contributed by atoms with Gasteiger partial charge in [0.05, 0.1) is 16.7 Å². The molecule has 0 aliphatic heterocycles. The Morgan fingerprint density at radius 1 is 0.808 bits per heavy atom. The number of hydrogen-bond acceptors (Lipinski definition) is 10. The average Bonchev–Trinajstić information content (AvgIpc) is 3.38. The molecule has 0 fully saturated rings. The van der Waals surface area contributed by atoms with E-state index < -0.39 is 36.4 Å². The molecule has 4 aromatic rings. The number of hydrogen-bond donors (Lipinski definition) is 5. The van der Waals surface area contributed by atoms with Gasteiger partial charge in [-0.1, -0.05) is 35.5 Å². The van der Waals surface area contributed by atoms with Crippen LogP contribution in [0.1, 0.15) is 25.2 Å². The van der Waals surface area contributed by atoms with Crippen LogP contribution in [0.2, 0.25) is 0 Å². The summed E-state index contributed by atoms with van der Waals surface area (Å²) in [5, 5.41) is 26.3. The van der Waals surface area contributed by atoms with Crippen molar-refractivity contribution in [2.24, 2.45) is 10.9 Å². The third kappa shape index (κ3) is 14.5. The highest BCUT2D eigenvalue weighted by molar-refractivity contribution is 6.07. The molecule has 0 radical (unpaired) electrons. The van der Waals surface area contributed by atoms with Gasteiger partial charge in [0.1, 0.15) is 17.9 Å². The van der Waals surface area contributed by atoms with Crippen molar-refractivity contribution in [3.63, 3.8) is 0 Å². The van der Waals surface area contributed by atoms with Crippen molar-refractivity contribution in [2.75, 3.05) is 12.3 Å². The van der Waals surface area contributed by atoms with Gasteiger partial charge in [-0.2, -0.15) is 39.5 Å². The van der Waals surface area contributed by atoms with E-state index in [4.69, 9.17) is 50.7 Å². The van der Waals surface area contributed by atoms with E-state index in [0.717, 1.165) is 33.4 Å². The summed E-state index contributed by atoms with van der Waals surface area (Å²) in [7, 11) is 0. The van der Waals surface area contributed by atoms with E-state index in [1.54, 1.807) is 0 Å². The molecule has 14 nitrogen and oxygen atoms in total. The number of nitrogens with two attached hydrogens (primary N) is 2. The van der Waals surface area contributed by atoms with E-state index in [2.05, 4.69) is 15.1 Å². The van der Waals surface area contributed by atoms with Crippen LogP contribution in [-0.4, -0.2) is 78.5 Å². The normalized spacial score (nSPS) is 11.2. The van der Waals surface area contributed by atoms with Crippen LogP contribution in [0.15, 0.2) is 53.7 Å². The highest BCUT2D eigenvalue weighted by Gasteiger charge is 2.39. The Balaban J connectivity index is 0.000000525. The summed E-state index contributed by atoms with van der Waals surface area (Å²) in [4.78, 5) is 41.3. The van der Waals surface area contributed by atoms with Crippen molar-refractivity contribution in [1.82, 2.24) is 14.5 Å². The summed E-state index contributed by atoms with van der Waals surface area (Å²) in [6, 6.07) is 15.8. The number of benzene rings is 2. The van der Waals surface area contributed by atoms with Gasteiger partial charge in [0, 0.05) is 24.5 Å². The predicted molar refractivity (Wildman–Crippen MR) is 164 cm³/mol. The smallest absolute Gasteiger partial charge is 0.489 e. The Kier molecular flexibility index (Phi) is 16.1. The molecule has 0 atom stereocenters. The maximum Gasteiger partial charge on any atom is 0.490 e. The molecule has 23 heteroatoms. The van der Waals surface area contributed by atoms with Crippen LogP contribution < -0.4 is 16.2 Å². The van der Waals surface area contributed by atoms with Gasteiger partial charge in [0.2, 0.25) is 0 Å². The number of aromatic nitrogens is 3. The summed E-state index contributed by atoms with van der Waals surface area (Å²) >= 11 is 0. The Hall–Kier alpha value is -5.87. The minimum absolute atomic E-state index is 0.221. The molecule has 52 heavy (non-hydrogen) atoms. The van der Waals surface area contributed by atoms with Crippen LogP contribution in [-0.2, 0) is 39.0 Å². The molecule has 4 rings (SSSR count). The number of aliphatic carboxylic acids is 3.